The highest BCUT2D eigenvalue weighted by atomic mass is 35.5. The average Bonchev–Trinajstić information content (AvgIpc) is 2.86. The number of aryl methyl sites for hydroxylation is 1. The van der Waals surface area contributed by atoms with Crippen LogP contribution in [0.15, 0.2) is 78.9 Å². The third kappa shape index (κ3) is 6.37. The first-order valence-electron chi connectivity index (χ1n) is 11.4. The number of ether oxygens (including phenoxy) is 1. The molecule has 6 nitrogen and oxygen atoms in total. The summed E-state index contributed by atoms with van der Waals surface area (Å²) in [6, 6.07) is 24.3. The summed E-state index contributed by atoms with van der Waals surface area (Å²) in [7, 11) is 0. The summed E-state index contributed by atoms with van der Waals surface area (Å²) >= 11 is 5.98. The summed E-state index contributed by atoms with van der Waals surface area (Å²) in [5, 5.41) is 6.66. The van der Waals surface area contributed by atoms with E-state index in [0.29, 0.717) is 24.7 Å². The van der Waals surface area contributed by atoms with Gasteiger partial charge in [0, 0.05) is 23.8 Å². The van der Waals surface area contributed by atoms with E-state index in [1.807, 2.05) is 72.8 Å². The highest BCUT2D eigenvalue weighted by Crippen LogP contribution is 2.21. The quantitative estimate of drug-likeness (QED) is 0.457. The summed E-state index contributed by atoms with van der Waals surface area (Å²) < 4.78 is 5.75. The lowest BCUT2D eigenvalue weighted by Crippen LogP contribution is -2.60. The summed E-state index contributed by atoms with van der Waals surface area (Å²) in [4.78, 5) is 27.2. The zero-order valence-corrected chi connectivity index (χ0v) is 19.6. The molecule has 1 aliphatic heterocycles. The number of nitrogens with one attached hydrogen (secondary N) is 2. The molecule has 0 aliphatic carbocycles. The number of hydrogen-bond donors (Lipinski definition) is 2. The molecule has 2 amide bonds. The van der Waals surface area contributed by atoms with Gasteiger partial charge in [0.25, 0.3) is 0 Å². The van der Waals surface area contributed by atoms with Crippen LogP contribution in [0.2, 0.25) is 5.02 Å². The average molecular weight is 478 g/mol. The van der Waals surface area contributed by atoms with E-state index in [-0.39, 0.29) is 18.4 Å². The van der Waals surface area contributed by atoms with Crippen LogP contribution >= 0.6 is 11.6 Å². The molecule has 0 bridgehead atoms. The van der Waals surface area contributed by atoms with Gasteiger partial charge in [-0.05, 0) is 54.3 Å². The molecular formula is C27H28ClN3O3. The summed E-state index contributed by atoms with van der Waals surface area (Å²) in [6.45, 7) is 1.64. The molecule has 2 N–H and O–H groups in total. The lowest BCUT2D eigenvalue weighted by molar-refractivity contribution is -0.127. The molecule has 1 saturated heterocycles. The Balaban J connectivity index is 1.33. The maximum absolute atomic E-state index is 12.9. The van der Waals surface area contributed by atoms with Crippen molar-refractivity contribution in [3.05, 3.63) is 95.0 Å². The van der Waals surface area contributed by atoms with Crippen molar-refractivity contribution in [2.24, 2.45) is 0 Å². The van der Waals surface area contributed by atoms with E-state index in [1.165, 1.54) is 0 Å². The number of hydrogen-bond acceptors (Lipinski definition) is 4. The number of amides is 2. The van der Waals surface area contributed by atoms with E-state index in [0.717, 1.165) is 35.4 Å². The van der Waals surface area contributed by atoms with Crippen LogP contribution in [0.25, 0.3) is 0 Å². The molecule has 4 rings (SSSR count). The van der Waals surface area contributed by atoms with Gasteiger partial charge in [-0.2, -0.15) is 0 Å². The van der Waals surface area contributed by atoms with Crippen LogP contribution in [0.4, 0.5) is 5.69 Å². The number of carbonyl (C=O) groups is 2. The number of benzene rings is 3. The predicted octanol–water partition coefficient (Wildman–Crippen LogP) is 3.97. The molecule has 7 heteroatoms. The summed E-state index contributed by atoms with van der Waals surface area (Å²) in [5.74, 6) is 0.470. The second-order valence-corrected chi connectivity index (χ2v) is 8.63. The zero-order valence-electron chi connectivity index (χ0n) is 18.9. The fraction of sp³-hybridized carbons (Fsp3) is 0.259. The van der Waals surface area contributed by atoms with Crippen molar-refractivity contribution < 1.29 is 14.3 Å². The zero-order chi connectivity index (χ0) is 23.8. The van der Waals surface area contributed by atoms with Crippen LogP contribution in [-0.4, -0.2) is 37.6 Å². The van der Waals surface area contributed by atoms with Gasteiger partial charge in [0.05, 0.1) is 13.2 Å². The van der Waals surface area contributed by atoms with Crippen LogP contribution < -0.4 is 20.3 Å². The van der Waals surface area contributed by atoms with Crippen LogP contribution in [0.5, 0.6) is 5.75 Å². The van der Waals surface area contributed by atoms with Crippen LogP contribution in [0.1, 0.15) is 17.5 Å². The minimum atomic E-state index is -0.595. The van der Waals surface area contributed by atoms with Crippen molar-refractivity contribution in [1.82, 2.24) is 10.6 Å². The molecule has 1 fully saturated rings. The van der Waals surface area contributed by atoms with E-state index in [9.17, 15) is 9.59 Å². The number of carbonyl (C=O) groups excluding carboxylic acids is 2. The highest BCUT2D eigenvalue weighted by Gasteiger charge is 2.34. The van der Waals surface area contributed by atoms with E-state index in [4.69, 9.17) is 16.3 Å². The van der Waals surface area contributed by atoms with Crippen LogP contribution in [0, 0.1) is 0 Å². The topological polar surface area (TPSA) is 70.7 Å². The van der Waals surface area contributed by atoms with Gasteiger partial charge in [0.15, 0.2) is 0 Å². The fourth-order valence-corrected chi connectivity index (χ4v) is 4.13. The molecule has 176 valence electrons. The van der Waals surface area contributed by atoms with Crippen molar-refractivity contribution in [2.75, 3.05) is 24.6 Å². The molecular weight excluding hydrogens is 450 g/mol. The maximum Gasteiger partial charge on any atom is 0.244 e. The largest absolute Gasteiger partial charge is 0.494 e. The molecule has 1 atom stereocenters. The second kappa shape index (κ2) is 11.7. The highest BCUT2D eigenvalue weighted by molar-refractivity contribution is 6.30. The molecule has 3 aromatic rings. The summed E-state index contributed by atoms with van der Waals surface area (Å²) in [5.41, 5.74) is 2.89. The second-order valence-electron chi connectivity index (χ2n) is 8.19. The van der Waals surface area contributed by atoms with Gasteiger partial charge in [-0.1, -0.05) is 60.1 Å². The monoisotopic (exact) mass is 477 g/mol. The first-order chi connectivity index (χ1) is 16.6. The van der Waals surface area contributed by atoms with Crippen molar-refractivity contribution in [2.45, 2.75) is 25.4 Å². The van der Waals surface area contributed by atoms with E-state index < -0.39 is 6.04 Å². The molecule has 1 heterocycles. The minimum Gasteiger partial charge on any atom is -0.494 e. The molecule has 1 aliphatic rings. The molecule has 0 spiro atoms. The number of rotatable bonds is 9. The van der Waals surface area contributed by atoms with Gasteiger partial charge in [-0.15, -0.1) is 0 Å². The van der Waals surface area contributed by atoms with E-state index in [2.05, 4.69) is 10.6 Å². The van der Waals surface area contributed by atoms with Crippen molar-refractivity contribution >= 4 is 29.1 Å². The Morgan fingerprint density at radius 2 is 1.82 bits per heavy atom. The molecule has 0 aromatic heterocycles. The minimum absolute atomic E-state index is 0.117. The van der Waals surface area contributed by atoms with Gasteiger partial charge in [-0.3, -0.25) is 14.5 Å². The maximum atomic E-state index is 12.9. The lowest BCUT2D eigenvalue weighted by Gasteiger charge is -2.35. The SMILES string of the molecule is O=C(NCc1ccccc1)[C@H]1CNCC(=O)N1c1ccc(CCCOc2cccc(Cl)c2)cc1. The van der Waals surface area contributed by atoms with Gasteiger partial charge in [-0.25, -0.2) is 0 Å². The van der Waals surface area contributed by atoms with E-state index >= 15 is 0 Å². The third-order valence-electron chi connectivity index (χ3n) is 5.70. The van der Waals surface area contributed by atoms with Crippen LogP contribution in [-0.2, 0) is 22.6 Å². The molecule has 3 aromatic carbocycles. The van der Waals surface area contributed by atoms with Gasteiger partial charge in [0.2, 0.25) is 11.8 Å². The molecule has 0 radical (unpaired) electrons. The normalized spacial score (nSPS) is 15.7. The Kier molecular flexibility index (Phi) is 8.17. The van der Waals surface area contributed by atoms with E-state index in [1.54, 1.807) is 11.0 Å². The van der Waals surface area contributed by atoms with Gasteiger partial charge < -0.3 is 15.4 Å². The molecule has 34 heavy (non-hydrogen) atoms. The Hall–Kier alpha value is -3.35. The lowest BCUT2D eigenvalue weighted by atomic mass is 10.1. The smallest absolute Gasteiger partial charge is 0.244 e. The van der Waals surface area contributed by atoms with Crippen molar-refractivity contribution in [1.29, 1.82) is 0 Å². The number of anilines is 1. The Bertz CT molecular complexity index is 1110. The standard InChI is InChI=1S/C27H28ClN3O3/c28-22-9-4-10-24(16-22)34-15-5-8-20-11-13-23(14-12-20)31-25(18-29-19-26(31)32)27(33)30-17-21-6-2-1-3-7-21/h1-4,6-7,9-14,16,25,29H,5,8,15,17-19H2,(H,30,33)/t25-/m1/s1. The number of piperazine rings is 1. The first-order valence-corrected chi connectivity index (χ1v) is 11.8. The van der Waals surface area contributed by atoms with Gasteiger partial charge >= 0.3 is 0 Å². The van der Waals surface area contributed by atoms with Crippen molar-refractivity contribution in [3.8, 4) is 5.75 Å². The Morgan fingerprint density at radius 3 is 2.59 bits per heavy atom. The third-order valence-corrected chi connectivity index (χ3v) is 5.93. The number of halogens is 1. The molecule has 0 unspecified atom stereocenters. The Labute approximate surface area is 204 Å². The Morgan fingerprint density at radius 1 is 1.03 bits per heavy atom. The predicted molar refractivity (Wildman–Crippen MR) is 134 cm³/mol. The molecule has 0 saturated carbocycles. The van der Waals surface area contributed by atoms with Gasteiger partial charge in [0.1, 0.15) is 11.8 Å². The van der Waals surface area contributed by atoms with Crippen LogP contribution in [0.3, 0.4) is 0 Å². The first kappa shape index (κ1) is 23.8. The summed E-state index contributed by atoms with van der Waals surface area (Å²) in [6.07, 6.45) is 1.69. The fourth-order valence-electron chi connectivity index (χ4n) is 3.95. The number of nitrogens with zero attached hydrogens (tertiary/aromatic N) is 1. The van der Waals surface area contributed by atoms with Crippen molar-refractivity contribution in [3.63, 3.8) is 0 Å².